The first-order valence-corrected chi connectivity index (χ1v) is 3.74. The number of alkyl halides is 2. The van der Waals surface area contributed by atoms with Crippen LogP contribution in [0.1, 0.15) is 12.0 Å². The van der Waals surface area contributed by atoms with Crippen LogP contribution < -0.4 is 0 Å². The minimum atomic E-state index is -2.78. The summed E-state index contributed by atoms with van der Waals surface area (Å²) in [5.41, 5.74) is -0.529. The third kappa shape index (κ3) is 1.62. The number of benzene rings is 1. The van der Waals surface area contributed by atoms with Crippen LogP contribution in [0.5, 0.6) is 5.75 Å². The lowest BCUT2D eigenvalue weighted by Crippen LogP contribution is -1.87. The maximum Gasteiger partial charge on any atom is 0.266 e. The van der Waals surface area contributed by atoms with Gasteiger partial charge in [-0.15, -0.1) is 0 Å². The van der Waals surface area contributed by atoms with Crippen LogP contribution in [0.3, 0.4) is 0 Å². The number of hydrogen-bond acceptors (Lipinski definition) is 1. The molecule has 1 rings (SSSR count). The van der Waals surface area contributed by atoms with Gasteiger partial charge < -0.3 is 5.11 Å². The van der Waals surface area contributed by atoms with Gasteiger partial charge in [-0.3, -0.25) is 0 Å². The van der Waals surface area contributed by atoms with Crippen molar-refractivity contribution in [2.75, 3.05) is 0 Å². The SMILES string of the molecule is Oc1ccc(Cl)c(C(F)F)c1Cl. The Balaban J connectivity index is 3.33. The molecule has 0 aliphatic heterocycles. The standard InChI is InChI=1S/C7H4Cl2F2O/c8-3-1-2-4(12)6(9)5(3)7(10)11/h1-2,7,12H. The molecule has 1 N–H and O–H groups in total. The summed E-state index contributed by atoms with van der Waals surface area (Å²) >= 11 is 10.8. The molecular weight excluding hydrogens is 209 g/mol. The quantitative estimate of drug-likeness (QED) is 0.754. The molecule has 0 fully saturated rings. The molecule has 5 heteroatoms. The maximum absolute atomic E-state index is 12.2. The first-order chi connectivity index (χ1) is 5.54. The fourth-order valence-corrected chi connectivity index (χ4v) is 1.29. The Hall–Kier alpha value is -0.540. The summed E-state index contributed by atoms with van der Waals surface area (Å²) in [4.78, 5) is 0. The molecule has 1 nitrogen and oxygen atoms in total. The third-order valence-corrected chi connectivity index (χ3v) is 2.05. The van der Waals surface area contributed by atoms with Crippen LogP contribution in [0.25, 0.3) is 0 Å². The molecule has 0 heterocycles. The monoisotopic (exact) mass is 212 g/mol. The predicted octanol–water partition coefficient (Wildman–Crippen LogP) is 3.64. The minimum Gasteiger partial charge on any atom is -0.506 e. The summed E-state index contributed by atoms with van der Waals surface area (Å²) in [7, 11) is 0. The lowest BCUT2D eigenvalue weighted by molar-refractivity contribution is 0.151. The highest BCUT2D eigenvalue weighted by atomic mass is 35.5. The molecule has 66 valence electrons. The molecule has 12 heavy (non-hydrogen) atoms. The third-order valence-electron chi connectivity index (χ3n) is 1.32. The molecule has 0 saturated heterocycles. The highest BCUT2D eigenvalue weighted by molar-refractivity contribution is 6.36. The topological polar surface area (TPSA) is 20.2 Å². The van der Waals surface area contributed by atoms with Gasteiger partial charge in [0.05, 0.1) is 15.6 Å². The number of hydrogen-bond donors (Lipinski definition) is 1. The second kappa shape index (κ2) is 3.46. The second-order valence-corrected chi connectivity index (χ2v) is 2.88. The summed E-state index contributed by atoms with van der Waals surface area (Å²) in [6, 6.07) is 2.33. The normalized spacial score (nSPS) is 10.8. The zero-order valence-corrected chi connectivity index (χ0v) is 7.20. The van der Waals surface area contributed by atoms with Gasteiger partial charge >= 0.3 is 0 Å². The first-order valence-electron chi connectivity index (χ1n) is 2.99. The van der Waals surface area contributed by atoms with Crippen molar-refractivity contribution in [3.63, 3.8) is 0 Å². The van der Waals surface area contributed by atoms with E-state index in [1.807, 2.05) is 0 Å². The van der Waals surface area contributed by atoms with E-state index in [-0.39, 0.29) is 5.02 Å². The molecule has 0 bridgehead atoms. The molecule has 0 aliphatic carbocycles. The molecule has 1 aromatic carbocycles. The number of phenolic OH excluding ortho intramolecular Hbond substituents is 1. The molecule has 0 radical (unpaired) electrons. The van der Waals surface area contributed by atoms with E-state index in [2.05, 4.69) is 0 Å². The van der Waals surface area contributed by atoms with Gasteiger partial charge in [-0.2, -0.15) is 0 Å². The molecule has 0 atom stereocenters. The van der Waals surface area contributed by atoms with E-state index in [0.717, 1.165) is 6.07 Å². The average Bonchev–Trinajstić information content (AvgIpc) is 1.97. The van der Waals surface area contributed by atoms with Crippen molar-refractivity contribution in [1.29, 1.82) is 0 Å². The molecule has 0 saturated carbocycles. The van der Waals surface area contributed by atoms with Crippen molar-refractivity contribution in [1.82, 2.24) is 0 Å². The van der Waals surface area contributed by atoms with Crippen molar-refractivity contribution in [2.45, 2.75) is 6.43 Å². The van der Waals surface area contributed by atoms with Gasteiger partial charge in [0.15, 0.2) is 0 Å². The lowest BCUT2D eigenvalue weighted by atomic mass is 10.2. The average molecular weight is 213 g/mol. The van der Waals surface area contributed by atoms with Crippen LogP contribution in [0.4, 0.5) is 8.78 Å². The Morgan fingerprint density at radius 3 is 2.25 bits per heavy atom. The summed E-state index contributed by atoms with van der Waals surface area (Å²) in [5, 5.41) is 8.41. The Kier molecular flexibility index (Phi) is 2.75. The molecule has 0 aromatic heterocycles. The van der Waals surface area contributed by atoms with Gasteiger partial charge in [0, 0.05) is 0 Å². The van der Waals surface area contributed by atoms with Gasteiger partial charge in [-0.1, -0.05) is 23.2 Å². The van der Waals surface area contributed by atoms with Gasteiger partial charge in [0.25, 0.3) is 6.43 Å². The van der Waals surface area contributed by atoms with Crippen LogP contribution in [-0.2, 0) is 0 Å². The van der Waals surface area contributed by atoms with Gasteiger partial charge in [-0.25, -0.2) is 8.78 Å². The number of rotatable bonds is 1. The van der Waals surface area contributed by atoms with E-state index >= 15 is 0 Å². The minimum absolute atomic E-state index is 0.146. The lowest BCUT2D eigenvalue weighted by Gasteiger charge is -2.06. The van der Waals surface area contributed by atoms with Crippen LogP contribution >= 0.6 is 23.2 Å². The largest absolute Gasteiger partial charge is 0.506 e. The Morgan fingerprint density at radius 1 is 1.25 bits per heavy atom. The molecule has 1 aromatic rings. The number of aromatic hydroxyl groups is 1. The number of phenols is 1. The summed E-state index contributed by atoms with van der Waals surface area (Å²) in [6.07, 6.45) is -2.78. The smallest absolute Gasteiger partial charge is 0.266 e. The van der Waals surface area contributed by atoms with Gasteiger partial charge in [0.1, 0.15) is 5.75 Å². The van der Waals surface area contributed by atoms with Crippen LogP contribution in [0, 0.1) is 0 Å². The van der Waals surface area contributed by atoms with Crippen LogP contribution in [-0.4, -0.2) is 5.11 Å². The van der Waals surface area contributed by atoms with Crippen molar-refractivity contribution in [3.05, 3.63) is 27.7 Å². The van der Waals surface area contributed by atoms with Gasteiger partial charge in [0.2, 0.25) is 0 Å². The van der Waals surface area contributed by atoms with E-state index < -0.39 is 22.8 Å². The Bertz CT molecular complexity index is 302. The van der Waals surface area contributed by atoms with Crippen molar-refractivity contribution < 1.29 is 13.9 Å². The number of halogens is 4. The molecular formula is C7H4Cl2F2O. The van der Waals surface area contributed by atoms with Crippen molar-refractivity contribution >= 4 is 23.2 Å². The summed E-state index contributed by atoms with van der Waals surface area (Å²) in [5.74, 6) is -0.392. The van der Waals surface area contributed by atoms with Crippen molar-refractivity contribution in [2.24, 2.45) is 0 Å². The molecule has 0 unspecified atom stereocenters. The summed E-state index contributed by atoms with van der Waals surface area (Å²) in [6.45, 7) is 0. The maximum atomic E-state index is 12.2. The van der Waals surface area contributed by atoms with Crippen LogP contribution in [0.2, 0.25) is 10.0 Å². The van der Waals surface area contributed by atoms with E-state index in [9.17, 15) is 8.78 Å². The van der Waals surface area contributed by atoms with E-state index in [1.165, 1.54) is 6.07 Å². The zero-order chi connectivity index (χ0) is 9.30. The Labute approximate surface area is 77.5 Å². The van der Waals surface area contributed by atoms with E-state index in [0.29, 0.717) is 0 Å². The van der Waals surface area contributed by atoms with Crippen LogP contribution in [0.15, 0.2) is 12.1 Å². The highest BCUT2D eigenvalue weighted by Crippen LogP contribution is 2.38. The highest BCUT2D eigenvalue weighted by Gasteiger charge is 2.18. The molecule has 0 spiro atoms. The molecule has 0 aliphatic rings. The van der Waals surface area contributed by atoms with E-state index in [1.54, 1.807) is 0 Å². The summed E-state index contributed by atoms with van der Waals surface area (Å²) < 4.78 is 24.4. The Morgan fingerprint density at radius 2 is 1.83 bits per heavy atom. The van der Waals surface area contributed by atoms with Gasteiger partial charge in [-0.05, 0) is 12.1 Å². The first kappa shape index (κ1) is 9.55. The predicted molar refractivity (Wildman–Crippen MR) is 43.1 cm³/mol. The molecule has 0 amide bonds. The zero-order valence-electron chi connectivity index (χ0n) is 5.69. The van der Waals surface area contributed by atoms with E-state index in [4.69, 9.17) is 28.3 Å². The fraction of sp³-hybridized carbons (Fsp3) is 0.143. The second-order valence-electron chi connectivity index (χ2n) is 2.09. The van der Waals surface area contributed by atoms with Crippen molar-refractivity contribution in [3.8, 4) is 5.75 Å². The fourth-order valence-electron chi connectivity index (χ4n) is 0.758.